The van der Waals surface area contributed by atoms with Crippen molar-refractivity contribution in [2.24, 2.45) is 5.41 Å². The van der Waals surface area contributed by atoms with E-state index in [4.69, 9.17) is 0 Å². The van der Waals surface area contributed by atoms with Crippen molar-refractivity contribution in [2.75, 3.05) is 19.6 Å². The van der Waals surface area contributed by atoms with E-state index in [1.54, 1.807) is 0 Å². The van der Waals surface area contributed by atoms with E-state index in [2.05, 4.69) is 15.0 Å². The molecule has 0 amide bonds. The Labute approximate surface area is 166 Å². The Morgan fingerprint density at radius 1 is 1.17 bits per heavy atom. The molecule has 166 valence electrons. The lowest BCUT2D eigenvalue weighted by molar-refractivity contribution is -0.243. The molecule has 1 N–H and O–H groups in total. The maximum Gasteiger partial charge on any atom is 0.490 e. The number of pyridine rings is 1. The molecule has 1 atom stereocenters. The Morgan fingerprint density at radius 3 is 2.27 bits per heavy atom. The van der Waals surface area contributed by atoms with Crippen molar-refractivity contribution in [1.29, 1.82) is 0 Å². The van der Waals surface area contributed by atoms with Crippen molar-refractivity contribution in [3.8, 4) is 0 Å². The molecule has 0 bridgehead atoms. The molecule has 14 heteroatoms. The quantitative estimate of drug-likeness (QED) is 0.548. The first-order chi connectivity index (χ1) is 13.8. The SMILES string of the molecule is O=C(OC1N(S(=O)(=O)c2ccc(C(F)(F)F)nc2C2CC2)CC12CNC2)C(F)(F)F. The molecule has 3 fully saturated rings. The molecular weight excluding hydrogens is 444 g/mol. The van der Waals surface area contributed by atoms with Crippen molar-refractivity contribution in [1.82, 2.24) is 14.6 Å². The first kappa shape index (κ1) is 21.3. The molecule has 3 aliphatic rings. The number of halogens is 6. The van der Waals surface area contributed by atoms with E-state index < -0.39 is 56.5 Å². The number of ether oxygens (including phenoxy) is 1. The fourth-order valence-electron chi connectivity index (χ4n) is 3.57. The monoisotopic (exact) mass is 459 g/mol. The third kappa shape index (κ3) is 3.43. The second kappa shape index (κ2) is 6.53. The first-order valence-corrected chi connectivity index (χ1v) is 10.3. The topological polar surface area (TPSA) is 88.6 Å². The molecule has 2 saturated heterocycles. The first-order valence-electron chi connectivity index (χ1n) is 8.84. The third-order valence-corrected chi connectivity index (χ3v) is 7.23. The summed E-state index contributed by atoms with van der Waals surface area (Å²) in [6.07, 6.45) is -10.9. The van der Waals surface area contributed by atoms with Crippen LogP contribution in [0.15, 0.2) is 17.0 Å². The molecule has 4 rings (SSSR count). The molecule has 7 nitrogen and oxygen atoms in total. The van der Waals surface area contributed by atoms with Crippen molar-refractivity contribution in [3.05, 3.63) is 23.5 Å². The molecular formula is C16H15F6N3O4S. The Bertz CT molecular complexity index is 986. The van der Waals surface area contributed by atoms with E-state index in [-0.39, 0.29) is 25.3 Å². The van der Waals surface area contributed by atoms with Crippen molar-refractivity contribution in [2.45, 2.75) is 42.2 Å². The number of carbonyl (C=O) groups is 1. The van der Waals surface area contributed by atoms with Crippen LogP contribution < -0.4 is 5.32 Å². The normalized spacial score (nSPS) is 24.3. The summed E-state index contributed by atoms with van der Waals surface area (Å²) in [5.41, 5.74) is -2.54. The van der Waals surface area contributed by atoms with E-state index in [1.165, 1.54) is 0 Å². The number of sulfonamides is 1. The minimum absolute atomic E-state index is 0.134. The standard InChI is InChI=1S/C16H15F6N3O4S/c17-15(18,19)10-4-3-9(11(24-10)8-1-2-8)30(27,28)25-7-14(5-23-6-14)12(25)29-13(26)16(20,21)22/h3-4,8,12,23H,1-2,5-7H2. The molecule has 1 saturated carbocycles. The Kier molecular flexibility index (Phi) is 4.64. The second-order valence-corrected chi connectivity index (χ2v) is 9.48. The highest BCUT2D eigenvalue weighted by atomic mass is 32.2. The zero-order valence-electron chi connectivity index (χ0n) is 15.0. The predicted molar refractivity (Wildman–Crippen MR) is 86.3 cm³/mol. The molecule has 1 aromatic heterocycles. The summed E-state index contributed by atoms with van der Waals surface area (Å²) in [6.45, 7) is 0.0361. The average molecular weight is 459 g/mol. The molecule has 30 heavy (non-hydrogen) atoms. The number of carbonyl (C=O) groups excluding carboxylic acids is 1. The van der Waals surface area contributed by atoms with Gasteiger partial charge in [0.2, 0.25) is 10.0 Å². The van der Waals surface area contributed by atoms with Gasteiger partial charge in [-0.2, -0.15) is 30.6 Å². The van der Waals surface area contributed by atoms with E-state index in [1.807, 2.05) is 0 Å². The maximum absolute atomic E-state index is 13.1. The highest BCUT2D eigenvalue weighted by Gasteiger charge is 2.64. The van der Waals surface area contributed by atoms with Crippen LogP contribution in [-0.2, 0) is 25.7 Å². The van der Waals surface area contributed by atoms with Gasteiger partial charge in [-0.15, -0.1) is 0 Å². The van der Waals surface area contributed by atoms with Crippen LogP contribution in [0.25, 0.3) is 0 Å². The van der Waals surface area contributed by atoms with Crippen LogP contribution in [0.2, 0.25) is 0 Å². The number of nitrogens with one attached hydrogen (secondary N) is 1. The molecule has 0 radical (unpaired) electrons. The number of esters is 1. The van der Waals surface area contributed by atoms with E-state index >= 15 is 0 Å². The van der Waals surface area contributed by atoms with E-state index in [0.29, 0.717) is 23.2 Å². The van der Waals surface area contributed by atoms with Crippen LogP contribution in [0, 0.1) is 5.41 Å². The highest BCUT2D eigenvalue weighted by molar-refractivity contribution is 7.89. The van der Waals surface area contributed by atoms with Crippen LogP contribution in [0.4, 0.5) is 26.3 Å². The number of hydrogen-bond donors (Lipinski definition) is 1. The lowest BCUT2D eigenvalue weighted by atomic mass is 9.74. The van der Waals surface area contributed by atoms with Gasteiger partial charge in [0.05, 0.1) is 11.1 Å². The largest absolute Gasteiger partial charge is 0.490 e. The fourth-order valence-corrected chi connectivity index (χ4v) is 5.49. The van der Waals surface area contributed by atoms with Gasteiger partial charge in [-0.1, -0.05) is 0 Å². The van der Waals surface area contributed by atoms with Gasteiger partial charge in [0, 0.05) is 25.6 Å². The van der Waals surface area contributed by atoms with Gasteiger partial charge in [-0.25, -0.2) is 18.2 Å². The second-order valence-electron chi connectivity index (χ2n) is 7.62. The van der Waals surface area contributed by atoms with Crippen molar-refractivity contribution < 1.29 is 44.3 Å². The maximum atomic E-state index is 13.1. The summed E-state index contributed by atoms with van der Waals surface area (Å²) in [6, 6.07) is 1.27. The summed E-state index contributed by atoms with van der Waals surface area (Å²) in [5.74, 6) is -3.03. The zero-order chi connectivity index (χ0) is 22.1. The van der Waals surface area contributed by atoms with Crippen LogP contribution in [0.5, 0.6) is 0 Å². The minimum atomic E-state index is -5.32. The fraction of sp³-hybridized carbons (Fsp3) is 0.625. The molecule has 3 heterocycles. The number of hydrogen-bond acceptors (Lipinski definition) is 6. The average Bonchev–Trinajstić information content (AvgIpc) is 3.39. The summed E-state index contributed by atoms with van der Waals surface area (Å²) >= 11 is 0. The van der Waals surface area contributed by atoms with Crippen molar-refractivity contribution >= 4 is 16.0 Å². The molecule has 2 aliphatic heterocycles. The smallest absolute Gasteiger partial charge is 0.438 e. The van der Waals surface area contributed by atoms with E-state index in [9.17, 15) is 39.6 Å². The van der Waals surface area contributed by atoms with Gasteiger partial charge in [0.15, 0.2) is 6.23 Å². The number of alkyl halides is 6. The van der Waals surface area contributed by atoms with Gasteiger partial charge >= 0.3 is 18.3 Å². The highest BCUT2D eigenvalue weighted by Crippen LogP contribution is 2.48. The summed E-state index contributed by atoms with van der Waals surface area (Å²) < 4.78 is 108. The van der Waals surface area contributed by atoms with Crippen LogP contribution in [-0.4, -0.2) is 55.7 Å². The Morgan fingerprint density at radius 2 is 1.80 bits per heavy atom. The van der Waals surface area contributed by atoms with E-state index in [0.717, 1.165) is 6.07 Å². The zero-order valence-corrected chi connectivity index (χ0v) is 15.9. The van der Waals surface area contributed by atoms with Gasteiger partial charge in [0.25, 0.3) is 0 Å². The molecule has 1 aliphatic carbocycles. The van der Waals surface area contributed by atoms with Gasteiger partial charge in [-0.05, 0) is 25.0 Å². The number of nitrogens with zero attached hydrogens (tertiary/aromatic N) is 2. The minimum Gasteiger partial charge on any atom is -0.438 e. The third-order valence-electron chi connectivity index (χ3n) is 5.39. The molecule has 1 spiro atoms. The number of aromatic nitrogens is 1. The lowest BCUT2D eigenvalue weighted by Crippen LogP contribution is -2.78. The Hall–Kier alpha value is -1.93. The number of rotatable bonds is 4. The predicted octanol–water partition coefficient (Wildman–Crippen LogP) is 2.00. The van der Waals surface area contributed by atoms with Crippen LogP contribution in [0.3, 0.4) is 0 Å². The van der Waals surface area contributed by atoms with Crippen molar-refractivity contribution in [3.63, 3.8) is 0 Å². The molecule has 0 aromatic carbocycles. The van der Waals surface area contributed by atoms with Gasteiger partial charge in [0.1, 0.15) is 10.6 Å². The Balaban J connectivity index is 1.68. The molecule has 1 unspecified atom stereocenters. The van der Waals surface area contributed by atoms with Gasteiger partial charge in [-0.3, -0.25) is 0 Å². The summed E-state index contributed by atoms with van der Waals surface area (Å²) in [5, 5.41) is 2.79. The lowest BCUT2D eigenvalue weighted by Gasteiger charge is -2.59. The van der Waals surface area contributed by atoms with Gasteiger partial charge < -0.3 is 10.1 Å². The summed E-state index contributed by atoms with van der Waals surface area (Å²) in [7, 11) is -4.56. The summed E-state index contributed by atoms with van der Waals surface area (Å²) in [4.78, 5) is 14.3. The van der Waals surface area contributed by atoms with Crippen LogP contribution >= 0.6 is 0 Å². The molecule has 1 aromatic rings. The van der Waals surface area contributed by atoms with Crippen LogP contribution in [0.1, 0.15) is 30.1 Å².